The Kier molecular flexibility index (Phi) is 7.91. The van der Waals surface area contributed by atoms with Crippen molar-refractivity contribution < 1.29 is 9.47 Å². The summed E-state index contributed by atoms with van der Waals surface area (Å²) < 4.78 is 12.0. The van der Waals surface area contributed by atoms with E-state index in [2.05, 4.69) is 60.6 Å². The maximum absolute atomic E-state index is 6.30. The summed E-state index contributed by atoms with van der Waals surface area (Å²) in [5.74, 6) is 1.76. The molecule has 1 saturated heterocycles. The fraction of sp³-hybridized carbons (Fsp3) is 0.360. The van der Waals surface area contributed by atoms with Crippen LogP contribution in [-0.4, -0.2) is 39.4 Å². The van der Waals surface area contributed by atoms with Gasteiger partial charge in [0.25, 0.3) is 0 Å². The highest BCUT2D eigenvalue weighted by atomic mass is 16.5. The molecule has 1 atom stereocenters. The molecule has 3 rings (SSSR count). The van der Waals surface area contributed by atoms with Gasteiger partial charge in [-0.3, -0.25) is 0 Å². The Labute approximate surface area is 174 Å². The van der Waals surface area contributed by atoms with E-state index in [-0.39, 0.29) is 0 Å². The lowest BCUT2D eigenvalue weighted by Gasteiger charge is -2.25. The van der Waals surface area contributed by atoms with E-state index in [1.165, 1.54) is 0 Å². The highest BCUT2D eigenvalue weighted by Gasteiger charge is 2.16. The van der Waals surface area contributed by atoms with Gasteiger partial charge in [0, 0.05) is 25.2 Å². The summed E-state index contributed by atoms with van der Waals surface area (Å²) in [6.07, 6.45) is 5.98. The Morgan fingerprint density at radius 1 is 1.10 bits per heavy atom. The van der Waals surface area contributed by atoms with Crippen molar-refractivity contribution in [2.24, 2.45) is 0 Å². The molecular formula is C25H32N2O2. The van der Waals surface area contributed by atoms with Gasteiger partial charge in [0.05, 0.1) is 13.2 Å². The molecular weight excluding hydrogens is 360 g/mol. The van der Waals surface area contributed by atoms with E-state index in [0.29, 0.717) is 12.6 Å². The maximum atomic E-state index is 6.30. The molecule has 0 radical (unpaired) electrons. The first-order valence-corrected chi connectivity index (χ1v) is 10.3. The van der Waals surface area contributed by atoms with Crippen molar-refractivity contribution in [3.63, 3.8) is 0 Å². The van der Waals surface area contributed by atoms with E-state index in [1.54, 1.807) is 7.11 Å². The maximum Gasteiger partial charge on any atom is 0.126 e. The van der Waals surface area contributed by atoms with Crippen LogP contribution in [0.4, 0.5) is 0 Å². The van der Waals surface area contributed by atoms with Crippen LogP contribution in [-0.2, 0) is 6.42 Å². The first-order valence-electron chi connectivity index (χ1n) is 10.3. The van der Waals surface area contributed by atoms with Crippen molar-refractivity contribution in [2.45, 2.75) is 25.8 Å². The molecule has 1 aliphatic rings. The van der Waals surface area contributed by atoms with Gasteiger partial charge in [0.2, 0.25) is 0 Å². The Morgan fingerprint density at radius 2 is 1.86 bits per heavy atom. The number of benzene rings is 2. The van der Waals surface area contributed by atoms with E-state index >= 15 is 0 Å². The zero-order chi connectivity index (χ0) is 20.5. The van der Waals surface area contributed by atoms with Crippen LogP contribution >= 0.6 is 0 Å². The molecule has 1 heterocycles. The van der Waals surface area contributed by atoms with Crippen molar-refractivity contribution in [3.8, 4) is 11.5 Å². The molecule has 2 aromatic carbocycles. The number of methoxy groups -OCH3 is 1. The summed E-state index contributed by atoms with van der Waals surface area (Å²) in [7, 11) is 1.72. The van der Waals surface area contributed by atoms with Crippen LogP contribution in [0.25, 0.3) is 12.2 Å². The monoisotopic (exact) mass is 392 g/mol. The molecule has 0 spiro atoms. The third-order valence-corrected chi connectivity index (χ3v) is 5.05. The van der Waals surface area contributed by atoms with Gasteiger partial charge in [-0.1, -0.05) is 48.1 Å². The highest BCUT2D eigenvalue weighted by molar-refractivity contribution is 5.71. The molecule has 0 saturated carbocycles. The molecule has 1 fully saturated rings. The third kappa shape index (κ3) is 6.48. The Balaban J connectivity index is 1.84. The van der Waals surface area contributed by atoms with Crippen LogP contribution in [0.1, 0.15) is 30.0 Å². The van der Waals surface area contributed by atoms with Crippen LogP contribution in [0.5, 0.6) is 11.5 Å². The molecule has 2 N–H and O–H groups in total. The topological polar surface area (TPSA) is 42.5 Å². The number of ether oxygens (including phenoxy) is 2. The molecule has 29 heavy (non-hydrogen) atoms. The largest absolute Gasteiger partial charge is 0.496 e. The summed E-state index contributed by atoms with van der Waals surface area (Å²) in [5, 5.41) is 6.91. The lowest BCUT2D eigenvalue weighted by molar-refractivity contribution is 0.244. The second kappa shape index (κ2) is 10.8. The third-order valence-electron chi connectivity index (χ3n) is 5.05. The van der Waals surface area contributed by atoms with E-state index < -0.39 is 0 Å². The van der Waals surface area contributed by atoms with Gasteiger partial charge in [-0.15, -0.1) is 6.58 Å². The molecule has 1 unspecified atom stereocenters. The second-order valence-corrected chi connectivity index (χ2v) is 7.57. The van der Waals surface area contributed by atoms with Crippen molar-refractivity contribution in [1.29, 1.82) is 0 Å². The fourth-order valence-electron chi connectivity index (χ4n) is 3.41. The highest BCUT2D eigenvalue weighted by Crippen LogP contribution is 2.33. The standard InChI is InChI=1S/C25H32N2O2/c1-19(2)9-12-23-24(28-3)15-21(11-10-20-7-5-4-6-8-20)16-25(23)29-18-22-17-26-13-14-27-22/h4-8,10-11,15-16,22,26-27H,1,9,12-14,17-18H2,2-3H3. The number of piperazine rings is 1. The van der Waals surface area contributed by atoms with Crippen molar-refractivity contribution >= 4 is 12.2 Å². The normalized spacial score (nSPS) is 16.7. The number of hydrogen-bond acceptors (Lipinski definition) is 4. The lowest BCUT2D eigenvalue weighted by Crippen LogP contribution is -2.51. The average molecular weight is 393 g/mol. The van der Waals surface area contributed by atoms with E-state index in [9.17, 15) is 0 Å². The van der Waals surface area contributed by atoms with Crippen LogP contribution in [0.2, 0.25) is 0 Å². The minimum atomic E-state index is 0.312. The van der Waals surface area contributed by atoms with Crippen LogP contribution in [0, 0.1) is 0 Å². The van der Waals surface area contributed by atoms with Gasteiger partial charge in [-0.05, 0) is 43.0 Å². The summed E-state index contributed by atoms with van der Waals surface area (Å²) in [6.45, 7) is 9.63. The minimum absolute atomic E-state index is 0.312. The van der Waals surface area contributed by atoms with Crippen molar-refractivity contribution in [1.82, 2.24) is 10.6 Å². The summed E-state index contributed by atoms with van der Waals surface area (Å²) >= 11 is 0. The molecule has 0 amide bonds. The Bertz CT molecular complexity index is 824. The zero-order valence-corrected chi connectivity index (χ0v) is 17.5. The molecule has 0 bridgehead atoms. The van der Waals surface area contributed by atoms with E-state index in [0.717, 1.165) is 66.2 Å². The predicted octanol–water partition coefficient (Wildman–Crippen LogP) is 4.31. The van der Waals surface area contributed by atoms with Gasteiger partial charge in [-0.2, -0.15) is 0 Å². The summed E-state index contributed by atoms with van der Waals surface area (Å²) in [6, 6.07) is 14.8. The molecule has 0 aromatic heterocycles. The quantitative estimate of drug-likeness (QED) is 0.493. The van der Waals surface area contributed by atoms with Crippen molar-refractivity contribution in [2.75, 3.05) is 33.4 Å². The number of allylic oxidation sites excluding steroid dienone is 1. The van der Waals surface area contributed by atoms with Crippen LogP contribution in [0.15, 0.2) is 54.6 Å². The summed E-state index contributed by atoms with van der Waals surface area (Å²) in [5.41, 5.74) is 4.49. The van der Waals surface area contributed by atoms with Crippen LogP contribution < -0.4 is 20.1 Å². The number of rotatable bonds is 9. The second-order valence-electron chi connectivity index (χ2n) is 7.57. The fourth-order valence-corrected chi connectivity index (χ4v) is 3.41. The smallest absolute Gasteiger partial charge is 0.126 e. The predicted molar refractivity (Wildman–Crippen MR) is 122 cm³/mol. The average Bonchev–Trinajstić information content (AvgIpc) is 2.76. The van der Waals surface area contributed by atoms with Crippen molar-refractivity contribution in [3.05, 3.63) is 71.3 Å². The summed E-state index contributed by atoms with van der Waals surface area (Å²) in [4.78, 5) is 0. The molecule has 2 aromatic rings. The minimum Gasteiger partial charge on any atom is -0.496 e. The first-order chi connectivity index (χ1) is 14.2. The molecule has 0 aliphatic carbocycles. The molecule has 154 valence electrons. The number of nitrogens with one attached hydrogen (secondary N) is 2. The lowest BCUT2D eigenvalue weighted by atomic mass is 10.0. The van der Waals surface area contributed by atoms with Gasteiger partial charge in [-0.25, -0.2) is 0 Å². The SMILES string of the molecule is C=C(C)CCc1c(OC)cc(C=Cc2ccccc2)cc1OCC1CNCCN1. The van der Waals surface area contributed by atoms with Gasteiger partial charge < -0.3 is 20.1 Å². The van der Waals surface area contributed by atoms with Gasteiger partial charge in [0.1, 0.15) is 18.1 Å². The van der Waals surface area contributed by atoms with E-state index in [1.807, 2.05) is 18.2 Å². The van der Waals surface area contributed by atoms with Crippen LogP contribution in [0.3, 0.4) is 0 Å². The van der Waals surface area contributed by atoms with Gasteiger partial charge in [0.15, 0.2) is 0 Å². The Morgan fingerprint density at radius 3 is 2.55 bits per heavy atom. The number of hydrogen-bond donors (Lipinski definition) is 2. The van der Waals surface area contributed by atoms with Gasteiger partial charge >= 0.3 is 0 Å². The molecule has 4 nitrogen and oxygen atoms in total. The molecule has 4 heteroatoms. The van der Waals surface area contributed by atoms with E-state index in [4.69, 9.17) is 9.47 Å². The first kappa shape index (κ1) is 21.2. The Hall–Kier alpha value is -2.56. The zero-order valence-electron chi connectivity index (χ0n) is 17.5. The molecule has 1 aliphatic heterocycles.